The lowest BCUT2D eigenvalue weighted by Gasteiger charge is -2.37. The lowest BCUT2D eigenvalue weighted by Crippen LogP contribution is -2.55. The molecule has 8 N–H and O–H groups in total. The van der Waals surface area contributed by atoms with Crippen LogP contribution in [0, 0.1) is 5.82 Å². The van der Waals surface area contributed by atoms with Crippen LogP contribution in [-0.2, 0) is 22.2 Å². The summed E-state index contributed by atoms with van der Waals surface area (Å²) in [5.74, 6) is -3.28. The number of nitrogens with one attached hydrogen (secondary N) is 3. The van der Waals surface area contributed by atoms with Gasteiger partial charge in [-0.05, 0) is 42.8 Å². The van der Waals surface area contributed by atoms with Crippen molar-refractivity contribution in [1.82, 2.24) is 39.8 Å². The van der Waals surface area contributed by atoms with Gasteiger partial charge < -0.3 is 41.6 Å². The fourth-order valence-corrected chi connectivity index (χ4v) is 7.04. The molecule has 4 heterocycles. The summed E-state index contributed by atoms with van der Waals surface area (Å²) in [6, 6.07) is 7.11. The number of benzene rings is 2. The van der Waals surface area contributed by atoms with Crippen LogP contribution in [0.1, 0.15) is 44.3 Å². The van der Waals surface area contributed by atoms with E-state index in [1.165, 1.54) is 36.5 Å². The number of hydrogen-bond donors (Lipinski definition) is 6. The smallest absolute Gasteiger partial charge is 0.435 e. The van der Waals surface area contributed by atoms with E-state index >= 15 is 0 Å². The molecule has 16 nitrogen and oxygen atoms in total. The first kappa shape index (κ1) is 41.1. The Hall–Kier alpha value is -5.57. The maximum absolute atomic E-state index is 14.7. The third kappa shape index (κ3) is 9.88. The van der Waals surface area contributed by atoms with E-state index in [0.29, 0.717) is 39.1 Å². The second-order valence-corrected chi connectivity index (χ2v) is 14.2. The molecule has 2 aromatic heterocycles. The predicted molar refractivity (Wildman–Crippen MR) is 200 cm³/mol. The number of nitrogens with two attached hydrogens (primary N) is 2. The van der Waals surface area contributed by atoms with E-state index in [4.69, 9.17) is 28.2 Å². The molecule has 2 aromatic carbocycles. The van der Waals surface area contributed by atoms with Crippen molar-refractivity contribution >= 4 is 46.7 Å². The van der Waals surface area contributed by atoms with Gasteiger partial charge in [0.15, 0.2) is 11.5 Å². The van der Waals surface area contributed by atoms with Gasteiger partial charge in [0.1, 0.15) is 5.82 Å². The normalized spacial score (nSPS) is 16.1. The van der Waals surface area contributed by atoms with Crippen LogP contribution in [0.2, 0.25) is 5.02 Å². The van der Waals surface area contributed by atoms with E-state index in [1.807, 2.05) is 4.90 Å². The summed E-state index contributed by atoms with van der Waals surface area (Å²) in [4.78, 5) is 64.3. The van der Waals surface area contributed by atoms with Crippen molar-refractivity contribution in [2.45, 2.75) is 25.1 Å². The van der Waals surface area contributed by atoms with Crippen molar-refractivity contribution in [3.8, 4) is 11.3 Å². The van der Waals surface area contributed by atoms with Gasteiger partial charge in [-0.25, -0.2) is 9.37 Å². The maximum Gasteiger partial charge on any atom is 0.435 e. The molecule has 2 aliphatic rings. The molecule has 0 saturated carbocycles. The van der Waals surface area contributed by atoms with Crippen LogP contribution in [0.4, 0.5) is 28.9 Å². The van der Waals surface area contributed by atoms with E-state index in [-0.39, 0.29) is 94.8 Å². The Labute approximate surface area is 328 Å². The first-order valence-corrected chi connectivity index (χ1v) is 18.3. The van der Waals surface area contributed by atoms with Gasteiger partial charge in [-0.3, -0.25) is 29.2 Å². The summed E-state index contributed by atoms with van der Waals surface area (Å²) < 4.78 is 56.3. The number of piperazine rings is 2. The summed E-state index contributed by atoms with van der Waals surface area (Å²) in [7, 11) is 0. The number of amides is 3. The molecule has 0 bridgehead atoms. The third-order valence-electron chi connectivity index (χ3n) is 9.84. The third-order valence-corrected chi connectivity index (χ3v) is 10.2. The van der Waals surface area contributed by atoms with Crippen molar-refractivity contribution < 1.29 is 41.8 Å². The lowest BCUT2D eigenvalue weighted by atomic mass is 10.0. The maximum atomic E-state index is 14.7. The molecule has 57 heavy (non-hydrogen) atoms. The number of carboxylic acid groups (broad SMARTS) is 1. The number of carboxylic acids is 1. The monoisotopic (exact) mass is 817 g/mol. The molecule has 0 aliphatic carbocycles. The highest BCUT2D eigenvalue weighted by atomic mass is 35.5. The first-order valence-electron chi connectivity index (χ1n) is 17.9. The molecule has 2 fully saturated rings. The highest BCUT2D eigenvalue weighted by molar-refractivity contribution is 6.34. The Morgan fingerprint density at radius 2 is 1.65 bits per heavy atom. The number of imidazole rings is 1. The molecule has 21 heteroatoms. The summed E-state index contributed by atoms with van der Waals surface area (Å²) >= 11 is 6.47. The quantitative estimate of drug-likeness (QED) is 0.0901. The fraction of sp³-hybridized carbons (Fsp3) is 0.389. The summed E-state index contributed by atoms with van der Waals surface area (Å²) in [6.45, 7) is 4.32. The standard InChI is InChI=1S/C36H40ClF4N11O5/c37-26-17-21(46-33(55)32-44-18-22(45-32)16-25-30(47-48-31(25)36(39,40)41)24-3-1-20(42)15-27(24)38)2-4-23(26)34(56)51-11-13-52(14-12-51)35(57)28(43)5-6-49-7-9-50(10-8-49)19-29(53)54/h1-4,15,17-18,28H,5-14,16,19,42-43H2,(H,44,45)(H,46,55)(H,47,48)(H,53,54)/t28-/m0/s1. The number of aliphatic carboxylic acids is 1. The molecular formula is C36H40ClF4N11O5. The van der Waals surface area contributed by atoms with Gasteiger partial charge in [0.25, 0.3) is 11.8 Å². The SMILES string of the molecule is Nc1ccc(-c2[nH]nc(C(F)(F)F)c2Cc2cnc(C(=O)Nc3ccc(C(=O)N4CCN(C(=O)[C@@H](N)CCN5CCN(CC(=O)O)CC5)CC4)c(Cl)c3)[nH]2)c(F)c1. The summed E-state index contributed by atoms with van der Waals surface area (Å²) in [6.07, 6.45) is -3.68. The van der Waals surface area contributed by atoms with Crippen LogP contribution in [0.15, 0.2) is 42.6 Å². The molecule has 1 atom stereocenters. The number of carbonyl (C=O) groups excluding carboxylic acids is 3. The van der Waals surface area contributed by atoms with Crippen LogP contribution in [0.25, 0.3) is 11.3 Å². The average Bonchev–Trinajstić information content (AvgIpc) is 3.82. The van der Waals surface area contributed by atoms with Crippen molar-refractivity contribution in [2.24, 2.45) is 5.73 Å². The Morgan fingerprint density at radius 3 is 2.30 bits per heavy atom. The number of anilines is 2. The molecule has 2 saturated heterocycles. The van der Waals surface area contributed by atoms with Gasteiger partial charge in [-0.15, -0.1) is 0 Å². The largest absolute Gasteiger partial charge is 0.480 e. The number of halogens is 5. The van der Waals surface area contributed by atoms with E-state index in [2.05, 4.69) is 30.4 Å². The van der Waals surface area contributed by atoms with Gasteiger partial charge in [0, 0.05) is 99.7 Å². The number of hydrogen-bond acceptors (Lipinski definition) is 10. The number of nitrogen functional groups attached to an aromatic ring is 1. The Bertz CT molecular complexity index is 2130. The Morgan fingerprint density at radius 1 is 0.965 bits per heavy atom. The molecule has 0 radical (unpaired) electrons. The van der Waals surface area contributed by atoms with Crippen LogP contribution in [0.5, 0.6) is 0 Å². The van der Waals surface area contributed by atoms with E-state index in [0.717, 1.165) is 6.07 Å². The molecule has 6 rings (SSSR count). The number of alkyl halides is 3. The van der Waals surface area contributed by atoms with Gasteiger partial charge >= 0.3 is 12.1 Å². The van der Waals surface area contributed by atoms with Crippen molar-refractivity contribution in [3.63, 3.8) is 0 Å². The number of aromatic amines is 2. The molecule has 0 unspecified atom stereocenters. The van der Waals surface area contributed by atoms with Crippen LogP contribution in [0.3, 0.4) is 0 Å². The minimum absolute atomic E-state index is 0.00333. The Balaban J connectivity index is 1.01. The zero-order valence-corrected chi connectivity index (χ0v) is 31.2. The minimum atomic E-state index is -4.87. The molecule has 4 aromatic rings. The number of aromatic nitrogens is 4. The highest BCUT2D eigenvalue weighted by Gasteiger charge is 2.39. The molecule has 0 spiro atoms. The second-order valence-electron chi connectivity index (χ2n) is 13.8. The van der Waals surface area contributed by atoms with E-state index < -0.39 is 42.0 Å². The van der Waals surface area contributed by atoms with Gasteiger partial charge in [-0.1, -0.05) is 11.6 Å². The molecular weight excluding hydrogens is 778 g/mol. The number of nitrogens with zero attached hydrogens (tertiary/aromatic N) is 6. The fourth-order valence-electron chi connectivity index (χ4n) is 6.78. The number of rotatable bonds is 12. The van der Waals surface area contributed by atoms with E-state index in [1.54, 1.807) is 9.80 Å². The second kappa shape index (κ2) is 17.3. The van der Waals surface area contributed by atoms with E-state index in [9.17, 15) is 36.7 Å². The van der Waals surface area contributed by atoms with Crippen molar-refractivity contribution in [1.29, 1.82) is 0 Å². The number of H-pyrrole nitrogens is 2. The zero-order valence-electron chi connectivity index (χ0n) is 30.4. The minimum Gasteiger partial charge on any atom is -0.480 e. The molecule has 304 valence electrons. The van der Waals surface area contributed by atoms with Crippen molar-refractivity contribution in [2.75, 3.05) is 76.5 Å². The average molecular weight is 818 g/mol. The predicted octanol–water partition coefficient (Wildman–Crippen LogP) is 2.74. The lowest BCUT2D eigenvalue weighted by molar-refractivity contribution is -0.142. The molecule has 2 aliphatic heterocycles. The Kier molecular flexibility index (Phi) is 12.5. The molecule has 3 amide bonds. The first-order chi connectivity index (χ1) is 27.1. The van der Waals surface area contributed by atoms with Crippen LogP contribution >= 0.6 is 11.6 Å². The number of carbonyl (C=O) groups is 4. The van der Waals surface area contributed by atoms with Gasteiger partial charge in [0.05, 0.1) is 28.9 Å². The van der Waals surface area contributed by atoms with Crippen LogP contribution < -0.4 is 16.8 Å². The highest BCUT2D eigenvalue weighted by Crippen LogP contribution is 2.37. The van der Waals surface area contributed by atoms with Gasteiger partial charge in [-0.2, -0.15) is 18.3 Å². The topological polar surface area (TPSA) is 223 Å². The van der Waals surface area contributed by atoms with Crippen LogP contribution in [-0.4, -0.2) is 140 Å². The summed E-state index contributed by atoms with van der Waals surface area (Å²) in [5, 5.41) is 17.3. The summed E-state index contributed by atoms with van der Waals surface area (Å²) in [5.41, 5.74) is 10.4. The zero-order chi connectivity index (χ0) is 41.0. The van der Waals surface area contributed by atoms with Gasteiger partial charge in [0.2, 0.25) is 5.91 Å². The van der Waals surface area contributed by atoms with Crippen molar-refractivity contribution in [3.05, 3.63) is 81.8 Å².